The van der Waals surface area contributed by atoms with Gasteiger partial charge in [0.2, 0.25) is 0 Å². The fraction of sp³-hybridized carbons (Fsp3) is 0.500. The molecular formula is C10H9F3N2O5S. The van der Waals surface area contributed by atoms with Gasteiger partial charge in [-0.15, -0.1) is 0 Å². The van der Waals surface area contributed by atoms with Crippen LogP contribution in [-0.2, 0) is 25.8 Å². The lowest BCUT2D eigenvalue weighted by molar-refractivity contribution is -0.129. The number of alkyl halides is 3. The molecule has 0 saturated heterocycles. The van der Waals surface area contributed by atoms with Crippen LogP contribution >= 0.6 is 0 Å². The number of sulfone groups is 1. The Morgan fingerprint density at radius 2 is 2.14 bits per heavy atom. The largest absolute Gasteiger partial charge is 0.503 e. The number of ether oxygens (including phenoxy) is 1. The monoisotopic (exact) mass is 326 g/mol. The van der Waals surface area contributed by atoms with E-state index in [0.717, 1.165) is 4.57 Å². The lowest BCUT2D eigenvalue weighted by atomic mass is 10.2. The molecule has 1 atom stereocenters. The molecule has 11 heteroatoms. The van der Waals surface area contributed by atoms with Crippen LogP contribution in [0.25, 0.3) is 0 Å². The zero-order chi connectivity index (χ0) is 15.8. The molecule has 0 saturated carbocycles. The van der Waals surface area contributed by atoms with Gasteiger partial charge in [-0.2, -0.15) is 13.2 Å². The average Bonchev–Trinajstić information content (AvgIpc) is 2.78. The Balaban J connectivity index is 2.48. The molecule has 0 radical (unpaired) electrons. The predicted octanol–water partition coefficient (Wildman–Crippen LogP) is 0.197. The molecule has 0 amide bonds. The third-order valence-corrected chi connectivity index (χ3v) is 4.37. The quantitative estimate of drug-likeness (QED) is 0.579. The van der Waals surface area contributed by atoms with E-state index in [1.54, 1.807) is 0 Å². The smallest absolute Gasteiger partial charge is 0.466 e. The van der Waals surface area contributed by atoms with Crippen molar-refractivity contribution in [3.05, 3.63) is 22.2 Å². The maximum atomic E-state index is 12.5. The van der Waals surface area contributed by atoms with Gasteiger partial charge in [-0.25, -0.2) is 13.4 Å². The van der Waals surface area contributed by atoms with Gasteiger partial charge in [0.15, 0.2) is 5.03 Å². The van der Waals surface area contributed by atoms with Gasteiger partial charge in [0.25, 0.3) is 21.9 Å². The molecule has 21 heavy (non-hydrogen) atoms. The third-order valence-electron chi connectivity index (χ3n) is 3.00. The summed E-state index contributed by atoms with van der Waals surface area (Å²) in [5.74, 6) is -0.0789. The molecule has 1 aromatic rings. The number of halogens is 3. The Kier molecular flexibility index (Phi) is 3.78. The molecule has 1 aliphatic rings. The van der Waals surface area contributed by atoms with Crippen LogP contribution in [0.3, 0.4) is 0 Å². The van der Waals surface area contributed by atoms with E-state index in [9.17, 15) is 31.2 Å². The molecule has 116 valence electrons. The Hall–Kier alpha value is -1.91. The number of nitrogens with zero attached hydrogens (tertiary/aromatic N) is 2. The number of fused-ring (bicyclic) bond motifs is 1. The molecule has 2 heterocycles. The first-order chi connectivity index (χ1) is 9.68. The molecule has 0 N–H and O–H groups in total. The lowest BCUT2D eigenvalue weighted by Crippen LogP contribution is -2.30. The first-order valence-electron chi connectivity index (χ1n) is 5.67. The normalized spacial score (nSPS) is 18.3. The molecule has 1 aliphatic heterocycles. The van der Waals surface area contributed by atoms with Crippen molar-refractivity contribution in [2.24, 2.45) is 0 Å². The second-order valence-electron chi connectivity index (χ2n) is 4.29. The Morgan fingerprint density at radius 1 is 1.48 bits per heavy atom. The van der Waals surface area contributed by atoms with Gasteiger partial charge in [0.05, 0.1) is 6.04 Å². The summed E-state index contributed by atoms with van der Waals surface area (Å²) in [4.78, 5) is 25.4. The minimum atomic E-state index is -5.67. The number of carbonyl (C=O) groups excluding carboxylic acids is 1. The van der Waals surface area contributed by atoms with Crippen LogP contribution in [-0.4, -0.2) is 36.6 Å². The van der Waals surface area contributed by atoms with Gasteiger partial charge in [0.1, 0.15) is 12.4 Å². The van der Waals surface area contributed by atoms with Gasteiger partial charge in [-0.3, -0.25) is 14.2 Å². The lowest BCUT2D eigenvalue weighted by Gasteiger charge is -2.13. The van der Waals surface area contributed by atoms with Crippen LogP contribution in [0.1, 0.15) is 18.3 Å². The molecule has 0 aromatic carbocycles. The van der Waals surface area contributed by atoms with E-state index in [2.05, 4.69) is 9.72 Å². The van der Waals surface area contributed by atoms with Crippen LogP contribution in [0.15, 0.2) is 15.9 Å². The van der Waals surface area contributed by atoms with Crippen molar-refractivity contribution in [1.29, 1.82) is 0 Å². The summed E-state index contributed by atoms with van der Waals surface area (Å²) in [7, 11) is -5.67. The number of aryl methyl sites for hydroxylation is 1. The highest BCUT2D eigenvalue weighted by atomic mass is 32.2. The maximum absolute atomic E-state index is 12.5. The SMILES string of the molecule is O=COCC1CCc2nc(S(=O)(=O)C(F)(F)F)cc(=O)n21. The summed E-state index contributed by atoms with van der Waals surface area (Å²) in [5.41, 5.74) is -6.45. The molecule has 0 fully saturated rings. The van der Waals surface area contributed by atoms with E-state index in [0.29, 0.717) is 12.5 Å². The maximum Gasteiger partial charge on any atom is 0.503 e. The second-order valence-corrected chi connectivity index (χ2v) is 6.18. The van der Waals surface area contributed by atoms with Crippen molar-refractivity contribution in [3.8, 4) is 0 Å². The summed E-state index contributed by atoms with van der Waals surface area (Å²) >= 11 is 0. The summed E-state index contributed by atoms with van der Waals surface area (Å²) in [6.07, 6.45) is 0.426. The van der Waals surface area contributed by atoms with E-state index in [1.807, 2.05) is 0 Å². The fourth-order valence-corrected chi connectivity index (χ4v) is 2.79. The van der Waals surface area contributed by atoms with Crippen LogP contribution in [0.2, 0.25) is 0 Å². The zero-order valence-corrected chi connectivity index (χ0v) is 11.1. The summed E-state index contributed by atoms with van der Waals surface area (Å²) in [5, 5.41) is -1.32. The summed E-state index contributed by atoms with van der Waals surface area (Å²) in [6.45, 7) is 0.0440. The van der Waals surface area contributed by atoms with Crippen molar-refractivity contribution in [2.75, 3.05) is 6.61 Å². The van der Waals surface area contributed by atoms with Crippen LogP contribution in [0.4, 0.5) is 13.2 Å². The number of hydrogen-bond donors (Lipinski definition) is 0. The average molecular weight is 326 g/mol. The number of rotatable bonds is 4. The molecule has 0 spiro atoms. The first-order valence-corrected chi connectivity index (χ1v) is 7.16. The van der Waals surface area contributed by atoms with E-state index < -0.39 is 32.0 Å². The van der Waals surface area contributed by atoms with Crippen molar-refractivity contribution in [2.45, 2.75) is 29.4 Å². The van der Waals surface area contributed by atoms with Crippen molar-refractivity contribution in [3.63, 3.8) is 0 Å². The van der Waals surface area contributed by atoms with Crippen molar-refractivity contribution >= 4 is 16.3 Å². The number of hydrogen-bond acceptors (Lipinski definition) is 6. The minimum absolute atomic E-state index is 0.0789. The molecule has 1 unspecified atom stereocenters. The molecular weight excluding hydrogens is 317 g/mol. The van der Waals surface area contributed by atoms with Crippen molar-refractivity contribution in [1.82, 2.24) is 9.55 Å². The van der Waals surface area contributed by atoms with Gasteiger partial charge in [0, 0.05) is 12.5 Å². The van der Waals surface area contributed by atoms with Crippen LogP contribution < -0.4 is 5.56 Å². The number of aromatic nitrogens is 2. The van der Waals surface area contributed by atoms with E-state index in [1.165, 1.54) is 0 Å². The summed E-state index contributed by atoms with van der Waals surface area (Å²) in [6, 6.07) is -0.237. The Bertz CT molecular complexity index is 725. The predicted molar refractivity (Wildman–Crippen MR) is 61.1 cm³/mol. The fourth-order valence-electron chi connectivity index (χ4n) is 2.07. The molecule has 0 bridgehead atoms. The zero-order valence-electron chi connectivity index (χ0n) is 10.3. The summed E-state index contributed by atoms with van der Waals surface area (Å²) < 4.78 is 65.4. The van der Waals surface area contributed by atoms with Crippen LogP contribution in [0.5, 0.6) is 0 Å². The topological polar surface area (TPSA) is 95.3 Å². The van der Waals surface area contributed by atoms with E-state index in [4.69, 9.17) is 0 Å². The van der Waals surface area contributed by atoms with Crippen LogP contribution in [0, 0.1) is 0 Å². The van der Waals surface area contributed by atoms with Gasteiger partial charge >= 0.3 is 5.51 Å². The Labute approximate surface area is 116 Å². The highest BCUT2D eigenvalue weighted by Crippen LogP contribution is 2.30. The first kappa shape index (κ1) is 15.5. The minimum Gasteiger partial charge on any atom is -0.466 e. The van der Waals surface area contributed by atoms with Gasteiger partial charge in [-0.1, -0.05) is 0 Å². The molecule has 1 aromatic heterocycles. The molecule has 0 aliphatic carbocycles. The standard InChI is InChI=1S/C10H9F3N2O5S/c11-10(12,13)21(18,19)8-3-9(17)15-6(4-20-5-16)1-2-7(15)14-8/h3,5-6H,1-2,4H2. The van der Waals surface area contributed by atoms with Crippen molar-refractivity contribution < 1.29 is 31.1 Å². The molecule has 7 nitrogen and oxygen atoms in total. The van der Waals surface area contributed by atoms with Gasteiger partial charge in [-0.05, 0) is 6.42 Å². The Morgan fingerprint density at radius 3 is 2.71 bits per heavy atom. The van der Waals surface area contributed by atoms with E-state index >= 15 is 0 Å². The molecule has 2 rings (SSSR count). The second kappa shape index (κ2) is 5.13. The number of carbonyl (C=O) groups is 1. The third kappa shape index (κ3) is 2.64. The van der Waals surface area contributed by atoms with E-state index in [-0.39, 0.29) is 25.3 Å². The highest BCUT2D eigenvalue weighted by molar-refractivity contribution is 7.92. The van der Waals surface area contributed by atoms with Gasteiger partial charge < -0.3 is 4.74 Å². The highest BCUT2D eigenvalue weighted by Gasteiger charge is 2.48.